The second-order valence-corrected chi connectivity index (χ2v) is 9.27. The number of amides is 1. The van der Waals surface area contributed by atoms with Gasteiger partial charge in [0.2, 0.25) is 5.91 Å². The van der Waals surface area contributed by atoms with E-state index in [4.69, 9.17) is 9.05 Å². The molecule has 5 nitrogen and oxygen atoms in total. The van der Waals surface area contributed by atoms with Crippen molar-refractivity contribution in [2.24, 2.45) is 5.92 Å². The van der Waals surface area contributed by atoms with E-state index in [1.54, 1.807) is 48.5 Å². The summed E-state index contributed by atoms with van der Waals surface area (Å²) in [6.07, 6.45) is 0.181. The van der Waals surface area contributed by atoms with Crippen LogP contribution >= 0.6 is 7.60 Å². The number of rotatable bonds is 9. The lowest BCUT2D eigenvalue weighted by Gasteiger charge is -2.30. The second kappa shape index (κ2) is 10.1. The lowest BCUT2D eigenvalue weighted by atomic mass is 10.1. The van der Waals surface area contributed by atoms with Crippen LogP contribution in [-0.4, -0.2) is 11.7 Å². The molecule has 0 fully saturated rings. The van der Waals surface area contributed by atoms with E-state index in [0.717, 1.165) is 5.56 Å². The van der Waals surface area contributed by atoms with Gasteiger partial charge in [0, 0.05) is 0 Å². The molecule has 0 radical (unpaired) electrons. The van der Waals surface area contributed by atoms with Crippen LogP contribution in [0.5, 0.6) is 11.5 Å². The molecule has 0 aliphatic heterocycles. The second-order valence-electron chi connectivity index (χ2n) is 7.27. The Kier molecular flexibility index (Phi) is 7.31. The first-order chi connectivity index (χ1) is 14.5. The van der Waals surface area contributed by atoms with Crippen molar-refractivity contribution in [1.29, 1.82) is 0 Å². The molecule has 1 N–H and O–H groups in total. The van der Waals surface area contributed by atoms with E-state index in [9.17, 15) is 9.36 Å². The third-order valence-electron chi connectivity index (χ3n) is 4.44. The van der Waals surface area contributed by atoms with E-state index >= 15 is 0 Å². The molecular weight excluding hydrogens is 397 g/mol. The summed E-state index contributed by atoms with van der Waals surface area (Å²) < 4.78 is 25.8. The smallest absolute Gasteiger partial charge is 0.415 e. The van der Waals surface area contributed by atoms with Crippen LogP contribution in [0.4, 0.5) is 0 Å². The molecule has 0 unspecified atom stereocenters. The SMILES string of the molecule is CC(C)[C@H](NC(=O)Cc1ccccc1)P(=O)(Oc1ccccc1)Oc1ccccc1. The number of nitrogens with one attached hydrogen (secondary N) is 1. The summed E-state index contributed by atoms with van der Waals surface area (Å²) in [4.78, 5) is 12.7. The number of benzene rings is 3. The van der Waals surface area contributed by atoms with Crippen molar-refractivity contribution in [2.45, 2.75) is 26.1 Å². The zero-order valence-corrected chi connectivity index (χ0v) is 18.0. The van der Waals surface area contributed by atoms with Gasteiger partial charge in [0.1, 0.15) is 11.5 Å². The molecule has 30 heavy (non-hydrogen) atoms. The fourth-order valence-corrected chi connectivity index (χ4v) is 5.12. The van der Waals surface area contributed by atoms with Crippen LogP contribution in [0.2, 0.25) is 0 Å². The highest BCUT2D eigenvalue weighted by molar-refractivity contribution is 7.55. The van der Waals surface area contributed by atoms with Gasteiger partial charge >= 0.3 is 7.60 Å². The molecule has 0 aromatic heterocycles. The molecule has 3 aromatic rings. The monoisotopic (exact) mass is 423 g/mol. The van der Waals surface area contributed by atoms with E-state index in [-0.39, 0.29) is 18.2 Å². The van der Waals surface area contributed by atoms with E-state index in [2.05, 4.69) is 5.32 Å². The molecule has 1 atom stereocenters. The highest BCUT2D eigenvalue weighted by Crippen LogP contribution is 2.54. The van der Waals surface area contributed by atoms with Gasteiger partial charge in [-0.1, -0.05) is 80.6 Å². The predicted molar refractivity (Wildman–Crippen MR) is 119 cm³/mol. The van der Waals surface area contributed by atoms with Crippen LogP contribution in [0.3, 0.4) is 0 Å². The average molecular weight is 423 g/mol. The molecule has 156 valence electrons. The number of para-hydroxylation sites is 2. The largest absolute Gasteiger partial charge is 0.453 e. The van der Waals surface area contributed by atoms with Gasteiger partial charge in [0.15, 0.2) is 5.78 Å². The fraction of sp³-hybridized carbons (Fsp3) is 0.208. The average Bonchev–Trinajstić information content (AvgIpc) is 2.74. The first kappa shape index (κ1) is 21.7. The zero-order valence-electron chi connectivity index (χ0n) is 17.1. The minimum absolute atomic E-state index is 0.181. The minimum atomic E-state index is -3.82. The van der Waals surface area contributed by atoms with Crippen molar-refractivity contribution in [3.63, 3.8) is 0 Å². The maximum atomic E-state index is 14.0. The van der Waals surface area contributed by atoms with Crippen LogP contribution < -0.4 is 14.4 Å². The van der Waals surface area contributed by atoms with Crippen molar-refractivity contribution < 1.29 is 18.4 Å². The molecule has 0 spiro atoms. The molecule has 3 rings (SSSR count). The Morgan fingerprint density at radius 1 is 0.800 bits per heavy atom. The van der Waals surface area contributed by atoms with Gasteiger partial charge in [-0.05, 0) is 35.7 Å². The summed E-state index contributed by atoms with van der Waals surface area (Å²) in [7, 11) is -3.82. The van der Waals surface area contributed by atoms with Crippen molar-refractivity contribution in [1.82, 2.24) is 5.32 Å². The summed E-state index contributed by atoms with van der Waals surface area (Å²) in [5.74, 6) is -0.426. The van der Waals surface area contributed by atoms with Gasteiger partial charge in [0.25, 0.3) is 0 Å². The molecule has 1 amide bonds. The Balaban J connectivity index is 1.87. The van der Waals surface area contributed by atoms with Crippen LogP contribution in [0.1, 0.15) is 19.4 Å². The first-order valence-corrected chi connectivity index (χ1v) is 11.5. The molecule has 0 saturated carbocycles. The molecule has 0 heterocycles. The summed E-state index contributed by atoms with van der Waals surface area (Å²) >= 11 is 0. The number of hydrogen-bond acceptors (Lipinski definition) is 4. The normalized spacial score (nSPS) is 12.2. The van der Waals surface area contributed by atoms with Gasteiger partial charge in [0.05, 0.1) is 6.42 Å². The molecule has 0 aliphatic rings. The lowest BCUT2D eigenvalue weighted by Crippen LogP contribution is -2.41. The summed E-state index contributed by atoms with van der Waals surface area (Å²) in [5, 5.41) is 2.89. The van der Waals surface area contributed by atoms with Gasteiger partial charge in [-0.15, -0.1) is 0 Å². The van der Waals surface area contributed by atoms with Crippen molar-refractivity contribution in [3.05, 3.63) is 96.6 Å². The van der Waals surface area contributed by atoms with Gasteiger partial charge in [-0.2, -0.15) is 0 Å². The third kappa shape index (κ3) is 5.98. The zero-order chi connectivity index (χ0) is 21.4. The van der Waals surface area contributed by atoms with Gasteiger partial charge in [-0.25, -0.2) is 4.57 Å². The van der Waals surface area contributed by atoms with E-state index in [1.807, 2.05) is 56.3 Å². The Hall–Kier alpha value is -3.04. The highest BCUT2D eigenvalue weighted by atomic mass is 31.2. The standard InChI is InChI=1S/C24H26NO4P/c1-19(2)24(25-23(26)18-20-12-6-3-7-13-20)30(27,28-21-14-8-4-9-15-21)29-22-16-10-5-11-17-22/h3-17,19,24H,18H2,1-2H3,(H,25,26)/t24-/m1/s1. The molecule has 0 saturated heterocycles. The van der Waals surface area contributed by atoms with Crippen LogP contribution in [-0.2, 0) is 15.8 Å². The minimum Gasteiger partial charge on any atom is -0.415 e. The maximum absolute atomic E-state index is 14.0. The van der Waals surface area contributed by atoms with Crippen molar-refractivity contribution >= 4 is 13.5 Å². The molecular formula is C24H26NO4P. The maximum Gasteiger partial charge on any atom is 0.453 e. The third-order valence-corrected chi connectivity index (χ3v) is 6.78. The molecule has 6 heteroatoms. The molecule has 3 aromatic carbocycles. The Morgan fingerprint density at radius 3 is 1.67 bits per heavy atom. The van der Waals surface area contributed by atoms with E-state index < -0.39 is 13.4 Å². The Bertz CT molecular complexity index is 932. The van der Waals surface area contributed by atoms with Crippen LogP contribution in [0.25, 0.3) is 0 Å². The van der Waals surface area contributed by atoms with Crippen LogP contribution in [0, 0.1) is 5.92 Å². The molecule has 0 aliphatic carbocycles. The van der Waals surface area contributed by atoms with Crippen molar-refractivity contribution in [2.75, 3.05) is 0 Å². The number of carbonyl (C=O) groups is 1. The summed E-state index contributed by atoms with van der Waals surface area (Å²) in [6, 6.07) is 27.1. The fourth-order valence-electron chi connectivity index (χ4n) is 3.00. The summed E-state index contributed by atoms with van der Waals surface area (Å²) in [6.45, 7) is 3.76. The van der Waals surface area contributed by atoms with E-state index in [0.29, 0.717) is 11.5 Å². The first-order valence-electron chi connectivity index (χ1n) is 9.88. The quantitative estimate of drug-likeness (QED) is 0.450. The Labute approximate surface area is 177 Å². The number of carbonyl (C=O) groups excluding carboxylic acids is 1. The molecule has 0 bridgehead atoms. The highest BCUT2D eigenvalue weighted by Gasteiger charge is 2.42. The predicted octanol–water partition coefficient (Wildman–Crippen LogP) is 5.68. The van der Waals surface area contributed by atoms with Gasteiger partial charge in [-0.3, -0.25) is 4.79 Å². The van der Waals surface area contributed by atoms with E-state index in [1.165, 1.54) is 0 Å². The van der Waals surface area contributed by atoms with Crippen LogP contribution in [0.15, 0.2) is 91.0 Å². The Morgan fingerprint density at radius 2 is 1.23 bits per heavy atom. The topological polar surface area (TPSA) is 64.6 Å². The van der Waals surface area contributed by atoms with Gasteiger partial charge < -0.3 is 14.4 Å². The lowest BCUT2D eigenvalue weighted by molar-refractivity contribution is -0.121. The van der Waals surface area contributed by atoms with Crippen molar-refractivity contribution in [3.8, 4) is 11.5 Å². The number of hydrogen-bond donors (Lipinski definition) is 1. The summed E-state index contributed by atoms with van der Waals surface area (Å²) in [5.41, 5.74) is 0.875.